The molecular formula is C23H23NO9. The molecule has 0 radical (unpaired) electrons. The largest absolute Gasteiger partial charge is 0.473 e. The summed E-state index contributed by atoms with van der Waals surface area (Å²) in [5.41, 5.74) is 3.75. The number of rotatable bonds is 0. The number of hydrogen-bond donors (Lipinski definition) is 2. The molecule has 0 spiro atoms. The van der Waals surface area contributed by atoms with Crippen molar-refractivity contribution in [2.24, 2.45) is 0 Å². The van der Waals surface area contributed by atoms with Gasteiger partial charge in [-0.2, -0.15) is 0 Å². The van der Waals surface area contributed by atoms with Gasteiger partial charge in [-0.25, -0.2) is 9.59 Å². The Morgan fingerprint density at radius 3 is 2.30 bits per heavy atom. The second kappa shape index (κ2) is 8.99. The zero-order valence-corrected chi connectivity index (χ0v) is 18.1. The summed E-state index contributed by atoms with van der Waals surface area (Å²) in [6, 6.07) is 7.69. The van der Waals surface area contributed by atoms with E-state index >= 15 is 0 Å². The van der Waals surface area contributed by atoms with Gasteiger partial charge in [-0.3, -0.25) is 4.79 Å². The Hall–Kier alpha value is -3.79. The molecule has 0 saturated carbocycles. The standard InChI is InChI=1S/C21H21NO5.C2H2O4/c1-12-14-3-4-17-21(27-11-24-17)16(14)9-22(2)6-5-13-7-18-19(26-10-25-18)8-15(13)20(12)23;3-1(4)2(5)6/h3-4,7-8,12H,5-6,9-11H2,1-2H3;(H,3,4)(H,5,6)/t12-;/m1./s1. The van der Waals surface area contributed by atoms with Crippen LogP contribution in [0.3, 0.4) is 0 Å². The van der Waals surface area contributed by atoms with Crippen LogP contribution in [0, 0.1) is 0 Å². The molecule has 2 aromatic rings. The molecule has 174 valence electrons. The number of carboxylic acids is 2. The number of carbonyl (C=O) groups excluding carboxylic acids is 1. The highest BCUT2D eigenvalue weighted by Crippen LogP contribution is 2.42. The molecule has 2 aromatic carbocycles. The summed E-state index contributed by atoms with van der Waals surface area (Å²) in [4.78, 5) is 33.9. The van der Waals surface area contributed by atoms with Gasteiger partial charge >= 0.3 is 11.9 Å². The van der Waals surface area contributed by atoms with Crippen LogP contribution in [0.2, 0.25) is 0 Å². The SMILES string of the molecule is C[C@H]1C(=O)c2cc3c(cc2CCN(C)Cc2c1ccc1c2OCO1)OCO3.O=C(O)C(=O)O. The van der Waals surface area contributed by atoms with Gasteiger partial charge in [0.05, 0.1) is 0 Å². The smallest absolute Gasteiger partial charge is 0.414 e. The first-order valence-corrected chi connectivity index (χ1v) is 10.3. The minimum atomic E-state index is -1.82. The minimum absolute atomic E-state index is 0.0907. The third kappa shape index (κ3) is 4.42. The predicted molar refractivity (Wildman–Crippen MR) is 113 cm³/mol. The third-order valence-electron chi connectivity index (χ3n) is 5.78. The van der Waals surface area contributed by atoms with E-state index in [1.54, 1.807) is 0 Å². The van der Waals surface area contributed by atoms with Gasteiger partial charge in [-0.15, -0.1) is 0 Å². The number of aliphatic carboxylic acids is 2. The summed E-state index contributed by atoms with van der Waals surface area (Å²) in [5.74, 6) is -0.963. The van der Waals surface area contributed by atoms with Crippen LogP contribution < -0.4 is 18.9 Å². The number of carboxylic acid groups (broad SMARTS) is 2. The number of hydrogen-bond acceptors (Lipinski definition) is 8. The fraction of sp³-hybridized carbons (Fsp3) is 0.348. The molecule has 1 atom stereocenters. The Morgan fingerprint density at radius 2 is 1.61 bits per heavy atom. The lowest BCUT2D eigenvalue weighted by Gasteiger charge is -2.25. The van der Waals surface area contributed by atoms with Gasteiger partial charge < -0.3 is 34.1 Å². The van der Waals surface area contributed by atoms with Gasteiger partial charge in [-0.05, 0) is 42.8 Å². The Labute approximate surface area is 189 Å². The molecule has 3 heterocycles. The Kier molecular flexibility index (Phi) is 6.10. The van der Waals surface area contributed by atoms with Crippen molar-refractivity contribution >= 4 is 17.7 Å². The second-order valence-corrected chi connectivity index (χ2v) is 7.91. The van der Waals surface area contributed by atoms with Gasteiger partial charge in [0.25, 0.3) is 0 Å². The van der Waals surface area contributed by atoms with Crippen LogP contribution in [0.15, 0.2) is 24.3 Å². The molecule has 10 heteroatoms. The van der Waals surface area contributed by atoms with E-state index in [4.69, 9.17) is 38.7 Å². The average molecular weight is 457 g/mol. The Bertz CT molecular complexity index is 1120. The van der Waals surface area contributed by atoms with Crippen LogP contribution >= 0.6 is 0 Å². The summed E-state index contributed by atoms with van der Waals surface area (Å²) in [5, 5.41) is 14.8. The van der Waals surface area contributed by atoms with E-state index in [-0.39, 0.29) is 25.3 Å². The lowest BCUT2D eigenvalue weighted by Crippen LogP contribution is -2.25. The van der Waals surface area contributed by atoms with E-state index in [0.29, 0.717) is 17.9 Å². The monoisotopic (exact) mass is 457 g/mol. The highest BCUT2D eigenvalue weighted by atomic mass is 16.7. The van der Waals surface area contributed by atoms with Gasteiger partial charge in [0.1, 0.15) is 0 Å². The van der Waals surface area contributed by atoms with Crippen molar-refractivity contribution in [3.63, 3.8) is 0 Å². The molecular weight excluding hydrogens is 434 g/mol. The number of carbonyl (C=O) groups is 3. The van der Waals surface area contributed by atoms with E-state index < -0.39 is 11.9 Å². The number of benzene rings is 2. The van der Waals surface area contributed by atoms with E-state index in [2.05, 4.69) is 11.9 Å². The summed E-state index contributed by atoms with van der Waals surface area (Å²) in [6.45, 7) is 3.91. The van der Waals surface area contributed by atoms with E-state index in [9.17, 15) is 4.79 Å². The molecule has 5 rings (SSSR count). The maximum atomic E-state index is 13.4. The van der Waals surface area contributed by atoms with Crippen LogP contribution in [0.25, 0.3) is 0 Å². The molecule has 0 aliphatic carbocycles. The highest BCUT2D eigenvalue weighted by molar-refractivity contribution is 6.27. The Morgan fingerprint density at radius 1 is 0.970 bits per heavy atom. The number of ether oxygens (including phenoxy) is 4. The fourth-order valence-electron chi connectivity index (χ4n) is 4.07. The van der Waals surface area contributed by atoms with Crippen LogP contribution in [0.4, 0.5) is 0 Å². The van der Waals surface area contributed by atoms with Crippen molar-refractivity contribution in [1.82, 2.24) is 4.90 Å². The summed E-state index contributed by atoms with van der Waals surface area (Å²) >= 11 is 0. The number of likely N-dealkylation sites (N-methyl/N-ethyl adjacent to an activating group) is 1. The first-order chi connectivity index (χ1) is 15.8. The molecule has 33 heavy (non-hydrogen) atoms. The molecule has 0 amide bonds. The number of fused-ring (bicyclic) bond motifs is 5. The van der Waals surface area contributed by atoms with E-state index in [0.717, 1.165) is 46.9 Å². The highest BCUT2D eigenvalue weighted by Gasteiger charge is 2.30. The van der Waals surface area contributed by atoms with Gasteiger partial charge in [-0.1, -0.05) is 13.0 Å². The van der Waals surface area contributed by atoms with Crippen LogP contribution in [-0.4, -0.2) is 60.0 Å². The molecule has 0 unspecified atom stereocenters. The lowest BCUT2D eigenvalue weighted by atomic mass is 9.85. The zero-order valence-electron chi connectivity index (χ0n) is 18.1. The van der Waals surface area contributed by atoms with Crippen molar-refractivity contribution in [3.05, 3.63) is 46.5 Å². The molecule has 10 nitrogen and oxygen atoms in total. The first kappa shape index (κ1) is 22.4. The van der Waals surface area contributed by atoms with Crippen molar-refractivity contribution in [2.75, 3.05) is 27.2 Å². The molecule has 0 saturated heterocycles. The van der Waals surface area contributed by atoms with Crippen LogP contribution in [0.5, 0.6) is 23.0 Å². The second-order valence-electron chi connectivity index (χ2n) is 7.91. The number of ketones is 1. The fourth-order valence-corrected chi connectivity index (χ4v) is 4.07. The lowest BCUT2D eigenvalue weighted by molar-refractivity contribution is -0.159. The summed E-state index contributed by atoms with van der Waals surface area (Å²) in [7, 11) is 2.08. The van der Waals surface area contributed by atoms with Crippen molar-refractivity contribution in [1.29, 1.82) is 0 Å². The first-order valence-electron chi connectivity index (χ1n) is 10.3. The molecule has 0 aromatic heterocycles. The summed E-state index contributed by atoms with van der Waals surface area (Å²) in [6.07, 6.45) is 0.767. The summed E-state index contributed by atoms with van der Waals surface area (Å²) < 4.78 is 22.3. The maximum Gasteiger partial charge on any atom is 0.414 e. The van der Waals surface area contributed by atoms with Gasteiger partial charge in [0.15, 0.2) is 28.8 Å². The van der Waals surface area contributed by atoms with Crippen LogP contribution in [0.1, 0.15) is 39.9 Å². The van der Waals surface area contributed by atoms with E-state index in [1.807, 2.05) is 31.2 Å². The van der Waals surface area contributed by atoms with Crippen molar-refractivity contribution < 1.29 is 43.5 Å². The molecule has 0 fully saturated rings. The minimum Gasteiger partial charge on any atom is -0.473 e. The Balaban J connectivity index is 0.000000385. The number of Topliss-reactive ketones (excluding diaryl/α,β-unsaturated/α-hetero) is 1. The molecule has 0 bridgehead atoms. The van der Waals surface area contributed by atoms with E-state index in [1.165, 1.54) is 0 Å². The van der Waals surface area contributed by atoms with Gasteiger partial charge in [0.2, 0.25) is 13.6 Å². The van der Waals surface area contributed by atoms with Crippen LogP contribution in [-0.2, 0) is 22.6 Å². The third-order valence-corrected chi connectivity index (χ3v) is 5.78. The molecule has 3 aliphatic heterocycles. The maximum absolute atomic E-state index is 13.4. The quantitative estimate of drug-likeness (QED) is 0.568. The zero-order chi connectivity index (χ0) is 23.7. The molecule has 3 aliphatic rings. The van der Waals surface area contributed by atoms with Gasteiger partial charge in [0, 0.05) is 30.1 Å². The number of nitrogens with zero attached hydrogens (tertiary/aromatic N) is 1. The average Bonchev–Trinajstić information content (AvgIpc) is 3.45. The topological polar surface area (TPSA) is 132 Å². The van der Waals surface area contributed by atoms with Crippen molar-refractivity contribution in [2.45, 2.75) is 25.8 Å². The van der Waals surface area contributed by atoms with Crippen molar-refractivity contribution in [3.8, 4) is 23.0 Å². The normalized spacial score (nSPS) is 18.5. The molecule has 2 N–H and O–H groups in total. The predicted octanol–water partition coefficient (Wildman–Crippen LogP) is 2.27.